The molecule has 6 nitrogen and oxygen atoms in total. The summed E-state index contributed by atoms with van der Waals surface area (Å²) in [6.45, 7) is 0.444. The molecule has 3 heterocycles. The van der Waals surface area contributed by atoms with E-state index in [9.17, 15) is 0 Å². The van der Waals surface area contributed by atoms with Gasteiger partial charge in [0, 0.05) is 16.8 Å². The van der Waals surface area contributed by atoms with Crippen molar-refractivity contribution in [3.05, 3.63) is 60.2 Å². The lowest BCUT2D eigenvalue weighted by Gasteiger charge is -2.06. The van der Waals surface area contributed by atoms with Crippen LogP contribution in [0.3, 0.4) is 0 Å². The van der Waals surface area contributed by atoms with E-state index in [2.05, 4.69) is 25.3 Å². The van der Waals surface area contributed by atoms with Gasteiger partial charge in [0.25, 0.3) is 0 Å². The van der Waals surface area contributed by atoms with Crippen LogP contribution < -0.4 is 5.32 Å². The molecule has 0 aliphatic rings. The molecule has 1 aromatic carbocycles. The van der Waals surface area contributed by atoms with Gasteiger partial charge in [-0.15, -0.1) is 0 Å². The first-order valence-electron chi connectivity index (χ1n) is 7.01. The summed E-state index contributed by atoms with van der Waals surface area (Å²) in [5.74, 6) is 1.31. The summed E-state index contributed by atoms with van der Waals surface area (Å²) in [5.41, 5.74) is 2.74. The molecule has 4 aromatic rings. The zero-order valence-electron chi connectivity index (χ0n) is 12.0. The molecule has 0 amide bonds. The van der Waals surface area contributed by atoms with Gasteiger partial charge in [0.2, 0.25) is 5.89 Å². The smallest absolute Gasteiger partial charge is 0.213 e. The van der Waals surface area contributed by atoms with Gasteiger partial charge < -0.3 is 14.7 Å². The molecule has 7 heteroatoms. The number of hydrogen-bond acceptors (Lipinski definition) is 5. The van der Waals surface area contributed by atoms with Gasteiger partial charge in [-0.3, -0.25) is 0 Å². The Kier molecular flexibility index (Phi) is 3.44. The number of rotatable bonds is 4. The number of halogens is 1. The number of oxazole rings is 1. The van der Waals surface area contributed by atoms with Gasteiger partial charge in [0.05, 0.1) is 18.1 Å². The molecule has 0 radical (unpaired) electrons. The van der Waals surface area contributed by atoms with Crippen molar-refractivity contribution < 1.29 is 4.42 Å². The first-order valence-corrected chi connectivity index (χ1v) is 7.39. The summed E-state index contributed by atoms with van der Waals surface area (Å²) in [5, 5.41) is 4.83. The molecule has 3 aromatic heterocycles. The third-order valence-electron chi connectivity index (χ3n) is 3.50. The lowest BCUT2D eigenvalue weighted by molar-refractivity contribution is 0.503. The maximum atomic E-state index is 6.10. The number of nitrogens with zero attached hydrogens (tertiary/aromatic N) is 3. The van der Waals surface area contributed by atoms with Crippen molar-refractivity contribution in [3.8, 4) is 11.1 Å². The number of nitrogens with one attached hydrogen (secondary N) is 2. The van der Waals surface area contributed by atoms with Gasteiger partial charge in [-0.2, -0.15) is 0 Å². The molecule has 0 fully saturated rings. The van der Waals surface area contributed by atoms with Crippen LogP contribution in [0.25, 0.3) is 22.2 Å². The van der Waals surface area contributed by atoms with E-state index in [0.29, 0.717) is 23.3 Å². The summed E-state index contributed by atoms with van der Waals surface area (Å²) in [6.07, 6.45) is 6.57. The van der Waals surface area contributed by atoms with Gasteiger partial charge >= 0.3 is 0 Å². The van der Waals surface area contributed by atoms with E-state index < -0.39 is 0 Å². The normalized spacial score (nSPS) is 11.0. The molecule has 4 rings (SSSR count). The number of anilines is 1. The third kappa shape index (κ3) is 2.64. The van der Waals surface area contributed by atoms with Crippen LogP contribution in [-0.4, -0.2) is 19.9 Å². The predicted octanol–water partition coefficient (Wildman–Crippen LogP) is 3.88. The second-order valence-electron chi connectivity index (χ2n) is 4.94. The predicted molar refractivity (Wildman–Crippen MR) is 88.2 cm³/mol. The largest absolute Gasteiger partial charge is 0.447 e. The highest BCUT2D eigenvalue weighted by atomic mass is 35.5. The Morgan fingerprint density at radius 1 is 1.22 bits per heavy atom. The van der Waals surface area contributed by atoms with E-state index in [1.165, 1.54) is 6.33 Å². The standard InChI is InChI=1S/C16H12ClN5O/c17-11-3-1-2-10(6-11)12-7-19-15-14(12)16(22-9-21-15)20-8-13-18-4-5-23-13/h1-7,9H,8H2,(H2,19,20,21,22). The molecular formula is C16H12ClN5O. The summed E-state index contributed by atoms with van der Waals surface area (Å²) < 4.78 is 5.24. The van der Waals surface area contributed by atoms with Crippen molar-refractivity contribution in [1.82, 2.24) is 19.9 Å². The SMILES string of the molecule is Clc1cccc(-c2c[nH]c3ncnc(NCc4ncco4)c23)c1. The molecule has 0 saturated carbocycles. The minimum Gasteiger partial charge on any atom is -0.447 e. The van der Waals surface area contributed by atoms with E-state index in [-0.39, 0.29) is 0 Å². The topological polar surface area (TPSA) is 79.6 Å². The van der Waals surface area contributed by atoms with Gasteiger partial charge in [0.1, 0.15) is 24.1 Å². The van der Waals surface area contributed by atoms with Crippen LogP contribution in [0.1, 0.15) is 5.89 Å². The van der Waals surface area contributed by atoms with Crippen molar-refractivity contribution in [2.24, 2.45) is 0 Å². The molecular weight excluding hydrogens is 314 g/mol. The number of aromatic amines is 1. The number of fused-ring (bicyclic) bond motifs is 1. The Morgan fingerprint density at radius 3 is 3.00 bits per heavy atom. The molecule has 23 heavy (non-hydrogen) atoms. The average molecular weight is 326 g/mol. The molecule has 0 aliphatic heterocycles. The summed E-state index contributed by atoms with van der Waals surface area (Å²) in [4.78, 5) is 15.9. The highest BCUT2D eigenvalue weighted by Crippen LogP contribution is 2.33. The number of aromatic nitrogens is 4. The van der Waals surface area contributed by atoms with Crippen molar-refractivity contribution in [2.45, 2.75) is 6.54 Å². The van der Waals surface area contributed by atoms with Crippen LogP contribution in [0, 0.1) is 0 Å². The first-order chi connectivity index (χ1) is 11.3. The summed E-state index contributed by atoms with van der Waals surface area (Å²) in [6, 6.07) is 7.67. The van der Waals surface area contributed by atoms with E-state index in [0.717, 1.165) is 22.2 Å². The monoisotopic (exact) mass is 325 g/mol. The average Bonchev–Trinajstić information content (AvgIpc) is 3.22. The molecule has 2 N–H and O–H groups in total. The van der Waals surface area contributed by atoms with Crippen molar-refractivity contribution in [3.63, 3.8) is 0 Å². The van der Waals surface area contributed by atoms with E-state index >= 15 is 0 Å². The van der Waals surface area contributed by atoms with Gasteiger partial charge in [-0.25, -0.2) is 15.0 Å². The third-order valence-corrected chi connectivity index (χ3v) is 3.73. The summed E-state index contributed by atoms with van der Waals surface area (Å²) in [7, 11) is 0. The Bertz CT molecular complexity index is 948. The lowest BCUT2D eigenvalue weighted by Crippen LogP contribution is -2.02. The zero-order chi connectivity index (χ0) is 15.6. The Balaban J connectivity index is 1.77. The van der Waals surface area contributed by atoms with Crippen molar-refractivity contribution in [1.29, 1.82) is 0 Å². The van der Waals surface area contributed by atoms with Crippen molar-refractivity contribution in [2.75, 3.05) is 5.32 Å². The maximum Gasteiger partial charge on any atom is 0.213 e. The van der Waals surface area contributed by atoms with E-state index in [1.54, 1.807) is 12.5 Å². The molecule has 0 bridgehead atoms. The molecule has 0 saturated heterocycles. The van der Waals surface area contributed by atoms with Gasteiger partial charge in [-0.1, -0.05) is 23.7 Å². The molecule has 0 atom stereocenters. The van der Waals surface area contributed by atoms with E-state index in [1.807, 2.05) is 30.5 Å². The minimum atomic E-state index is 0.444. The van der Waals surface area contributed by atoms with Crippen LogP contribution in [0.15, 0.2) is 53.7 Å². The molecule has 0 spiro atoms. The fraction of sp³-hybridized carbons (Fsp3) is 0.0625. The number of H-pyrrole nitrogens is 1. The Morgan fingerprint density at radius 2 is 2.17 bits per heavy atom. The highest BCUT2D eigenvalue weighted by molar-refractivity contribution is 6.31. The summed E-state index contributed by atoms with van der Waals surface area (Å²) >= 11 is 6.10. The Hall–Kier alpha value is -2.86. The van der Waals surface area contributed by atoms with Crippen LogP contribution >= 0.6 is 11.6 Å². The second kappa shape index (κ2) is 5.73. The van der Waals surface area contributed by atoms with Crippen LogP contribution in [0.2, 0.25) is 5.02 Å². The highest BCUT2D eigenvalue weighted by Gasteiger charge is 2.13. The fourth-order valence-electron chi connectivity index (χ4n) is 2.48. The molecule has 0 unspecified atom stereocenters. The molecule has 0 aliphatic carbocycles. The lowest BCUT2D eigenvalue weighted by atomic mass is 10.1. The maximum absolute atomic E-state index is 6.10. The van der Waals surface area contributed by atoms with Gasteiger partial charge in [0.15, 0.2) is 0 Å². The van der Waals surface area contributed by atoms with Crippen LogP contribution in [0.4, 0.5) is 5.82 Å². The van der Waals surface area contributed by atoms with Crippen LogP contribution in [-0.2, 0) is 6.54 Å². The van der Waals surface area contributed by atoms with E-state index in [4.69, 9.17) is 16.0 Å². The number of hydrogen-bond donors (Lipinski definition) is 2. The Labute approximate surface area is 136 Å². The van der Waals surface area contributed by atoms with Gasteiger partial charge in [-0.05, 0) is 17.7 Å². The first kappa shape index (κ1) is 13.8. The fourth-order valence-corrected chi connectivity index (χ4v) is 2.67. The van der Waals surface area contributed by atoms with Crippen LogP contribution in [0.5, 0.6) is 0 Å². The zero-order valence-corrected chi connectivity index (χ0v) is 12.7. The minimum absolute atomic E-state index is 0.444. The quantitative estimate of drug-likeness (QED) is 0.595. The number of benzene rings is 1. The van der Waals surface area contributed by atoms with Crippen molar-refractivity contribution >= 4 is 28.5 Å². The molecule has 114 valence electrons. The second-order valence-corrected chi connectivity index (χ2v) is 5.37.